The van der Waals surface area contributed by atoms with Crippen molar-refractivity contribution in [2.24, 2.45) is 5.73 Å². The lowest BCUT2D eigenvalue weighted by atomic mass is 10.1. The molecule has 17 heavy (non-hydrogen) atoms. The summed E-state index contributed by atoms with van der Waals surface area (Å²) >= 11 is 0. The van der Waals surface area contributed by atoms with Gasteiger partial charge >= 0.3 is 0 Å². The van der Waals surface area contributed by atoms with Crippen LogP contribution in [0.25, 0.3) is 0 Å². The Hall–Kier alpha value is -1.02. The molecular formula is C15H25NO. The van der Waals surface area contributed by atoms with Crippen molar-refractivity contribution >= 4 is 0 Å². The van der Waals surface area contributed by atoms with E-state index in [2.05, 4.69) is 6.92 Å². The molecule has 0 saturated heterocycles. The lowest BCUT2D eigenvalue weighted by Crippen LogP contribution is -1.99. The van der Waals surface area contributed by atoms with Crippen molar-refractivity contribution in [2.75, 3.05) is 6.61 Å². The average molecular weight is 235 g/mol. The molecule has 1 aromatic rings. The summed E-state index contributed by atoms with van der Waals surface area (Å²) in [4.78, 5) is 0. The van der Waals surface area contributed by atoms with Gasteiger partial charge in [0, 0.05) is 6.54 Å². The monoisotopic (exact) mass is 235 g/mol. The molecule has 0 heterocycles. The minimum atomic E-state index is 0.595. The van der Waals surface area contributed by atoms with Crippen LogP contribution in [0, 0.1) is 0 Å². The number of benzene rings is 1. The van der Waals surface area contributed by atoms with Gasteiger partial charge in [-0.15, -0.1) is 0 Å². The molecule has 0 atom stereocenters. The highest BCUT2D eigenvalue weighted by atomic mass is 16.5. The van der Waals surface area contributed by atoms with Gasteiger partial charge in [0.1, 0.15) is 5.75 Å². The normalized spacial score (nSPS) is 10.5. The number of hydrogen-bond donors (Lipinski definition) is 1. The van der Waals surface area contributed by atoms with Crippen LogP contribution in [0.2, 0.25) is 0 Å². The molecule has 0 unspecified atom stereocenters. The lowest BCUT2D eigenvalue weighted by Gasteiger charge is -2.06. The van der Waals surface area contributed by atoms with Gasteiger partial charge < -0.3 is 10.5 Å². The number of hydrogen-bond acceptors (Lipinski definition) is 2. The molecule has 2 heteroatoms. The van der Waals surface area contributed by atoms with Gasteiger partial charge in [0.2, 0.25) is 0 Å². The Morgan fingerprint density at radius 1 is 0.941 bits per heavy atom. The van der Waals surface area contributed by atoms with E-state index in [0.29, 0.717) is 6.54 Å². The summed E-state index contributed by atoms with van der Waals surface area (Å²) in [6.07, 6.45) is 7.81. The maximum atomic E-state index is 5.67. The molecule has 0 radical (unpaired) electrons. The van der Waals surface area contributed by atoms with E-state index in [0.717, 1.165) is 24.3 Å². The smallest absolute Gasteiger partial charge is 0.119 e. The highest BCUT2D eigenvalue weighted by molar-refractivity contribution is 5.26. The molecule has 0 saturated carbocycles. The Kier molecular flexibility index (Phi) is 7.48. The van der Waals surface area contributed by atoms with Crippen molar-refractivity contribution in [1.82, 2.24) is 0 Å². The fourth-order valence-corrected chi connectivity index (χ4v) is 1.79. The first-order chi connectivity index (χ1) is 8.36. The van der Waals surface area contributed by atoms with Gasteiger partial charge in [-0.05, 0) is 24.1 Å². The third-order valence-corrected chi connectivity index (χ3v) is 2.93. The van der Waals surface area contributed by atoms with Crippen LogP contribution in [0.3, 0.4) is 0 Å². The Morgan fingerprint density at radius 2 is 1.59 bits per heavy atom. The molecular weight excluding hydrogens is 210 g/mol. The van der Waals surface area contributed by atoms with E-state index in [1.807, 2.05) is 24.3 Å². The topological polar surface area (TPSA) is 35.2 Å². The van der Waals surface area contributed by atoms with Crippen molar-refractivity contribution in [3.8, 4) is 5.75 Å². The van der Waals surface area contributed by atoms with Gasteiger partial charge in [0.15, 0.2) is 0 Å². The molecule has 1 aromatic carbocycles. The molecule has 0 aliphatic heterocycles. The predicted octanol–water partition coefficient (Wildman–Crippen LogP) is 3.88. The maximum absolute atomic E-state index is 5.67. The van der Waals surface area contributed by atoms with Gasteiger partial charge in [-0.25, -0.2) is 0 Å². The van der Waals surface area contributed by atoms with E-state index in [9.17, 15) is 0 Å². The third-order valence-electron chi connectivity index (χ3n) is 2.93. The van der Waals surface area contributed by atoms with E-state index in [-0.39, 0.29) is 0 Å². The highest BCUT2D eigenvalue weighted by Crippen LogP contribution is 2.13. The molecule has 0 fully saturated rings. The first kappa shape index (κ1) is 14.0. The van der Waals surface area contributed by atoms with Crippen molar-refractivity contribution in [3.05, 3.63) is 29.8 Å². The summed E-state index contributed by atoms with van der Waals surface area (Å²) in [5, 5.41) is 0. The molecule has 1 rings (SSSR count). The second-order valence-electron chi connectivity index (χ2n) is 4.46. The van der Waals surface area contributed by atoms with E-state index < -0.39 is 0 Å². The number of nitrogens with two attached hydrogens (primary N) is 1. The fourth-order valence-electron chi connectivity index (χ4n) is 1.79. The predicted molar refractivity (Wildman–Crippen MR) is 73.2 cm³/mol. The van der Waals surface area contributed by atoms with Gasteiger partial charge in [-0.2, -0.15) is 0 Å². The second kappa shape index (κ2) is 9.06. The van der Waals surface area contributed by atoms with Gasteiger partial charge in [-0.3, -0.25) is 0 Å². The summed E-state index contributed by atoms with van der Waals surface area (Å²) in [5.41, 5.74) is 6.69. The van der Waals surface area contributed by atoms with Crippen LogP contribution >= 0.6 is 0 Å². The molecule has 96 valence electrons. The third kappa shape index (κ3) is 6.32. The van der Waals surface area contributed by atoms with Crippen LogP contribution in [-0.4, -0.2) is 6.61 Å². The van der Waals surface area contributed by atoms with Crippen molar-refractivity contribution in [2.45, 2.75) is 52.0 Å². The summed E-state index contributed by atoms with van der Waals surface area (Å²) in [6.45, 7) is 3.67. The van der Waals surface area contributed by atoms with E-state index in [4.69, 9.17) is 10.5 Å². The summed E-state index contributed by atoms with van der Waals surface area (Å²) in [7, 11) is 0. The molecule has 0 aliphatic rings. The molecule has 0 amide bonds. The van der Waals surface area contributed by atoms with Gasteiger partial charge in [-0.1, -0.05) is 51.2 Å². The SMILES string of the molecule is CCCCCCCCOc1ccc(CN)cc1. The summed E-state index contributed by atoms with van der Waals surface area (Å²) < 4.78 is 5.67. The first-order valence-corrected chi connectivity index (χ1v) is 6.78. The Bertz CT molecular complexity index is 281. The second-order valence-corrected chi connectivity index (χ2v) is 4.46. The molecule has 0 aromatic heterocycles. The quantitative estimate of drug-likeness (QED) is 0.659. The van der Waals surface area contributed by atoms with Crippen LogP contribution in [0.15, 0.2) is 24.3 Å². The van der Waals surface area contributed by atoms with E-state index >= 15 is 0 Å². The number of unbranched alkanes of at least 4 members (excludes halogenated alkanes) is 5. The summed E-state index contributed by atoms with van der Waals surface area (Å²) in [6, 6.07) is 8.05. The molecule has 0 bridgehead atoms. The molecule has 0 aliphatic carbocycles. The Labute approximate surface area is 105 Å². The Morgan fingerprint density at radius 3 is 2.24 bits per heavy atom. The van der Waals surface area contributed by atoms with E-state index in [1.54, 1.807) is 0 Å². The maximum Gasteiger partial charge on any atom is 0.119 e. The lowest BCUT2D eigenvalue weighted by molar-refractivity contribution is 0.304. The molecule has 2 nitrogen and oxygen atoms in total. The number of rotatable bonds is 9. The van der Waals surface area contributed by atoms with Gasteiger partial charge in [0.05, 0.1) is 6.61 Å². The van der Waals surface area contributed by atoms with Crippen molar-refractivity contribution < 1.29 is 4.74 Å². The zero-order valence-electron chi connectivity index (χ0n) is 11.0. The fraction of sp³-hybridized carbons (Fsp3) is 0.600. The van der Waals surface area contributed by atoms with Gasteiger partial charge in [0.25, 0.3) is 0 Å². The number of ether oxygens (including phenoxy) is 1. The minimum Gasteiger partial charge on any atom is -0.494 e. The van der Waals surface area contributed by atoms with Crippen LogP contribution in [0.4, 0.5) is 0 Å². The molecule has 0 spiro atoms. The zero-order valence-corrected chi connectivity index (χ0v) is 11.0. The van der Waals surface area contributed by atoms with Crippen LogP contribution in [0.1, 0.15) is 51.0 Å². The Balaban J connectivity index is 2.05. The van der Waals surface area contributed by atoms with Crippen LogP contribution in [0.5, 0.6) is 5.75 Å². The van der Waals surface area contributed by atoms with Crippen molar-refractivity contribution in [1.29, 1.82) is 0 Å². The zero-order chi connectivity index (χ0) is 12.3. The van der Waals surface area contributed by atoms with Crippen LogP contribution in [-0.2, 0) is 6.54 Å². The summed E-state index contributed by atoms with van der Waals surface area (Å²) in [5.74, 6) is 0.954. The largest absolute Gasteiger partial charge is 0.494 e. The minimum absolute atomic E-state index is 0.595. The standard InChI is InChI=1S/C15H25NO/c1-2-3-4-5-6-7-12-17-15-10-8-14(13-16)9-11-15/h8-11H,2-7,12-13,16H2,1H3. The first-order valence-electron chi connectivity index (χ1n) is 6.78. The average Bonchev–Trinajstić information content (AvgIpc) is 2.38. The molecule has 2 N–H and O–H groups in total. The van der Waals surface area contributed by atoms with E-state index in [1.165, 1.54) is 32.1 Å². The van der Waals surface area contributed by atoms with Crippen LogP contribution < -0.4 is 10.5 Å². The highest BCUT2D eigenvalue weighted by Gasteiger charge is 1.95. The van der Waals surface area contributed by atoms with Crippen molar-refractivity contribution in [3.63, 3.8) is 0 Å².